The Kier molecular flexibility index (Phi) is 7.46. The maximum Gasteiger partial charge on any atom is 0.0568 e. The summed E-state index contributed by atoms with van der Waals surface area (Å²) in [7, 11) is -0.446. The molecule has 0 unspecified atom stereocenters. The van der Waals surface area contributed by atoms with Gasteiger partial charge in [-0.05, 0) is 35.3 Å². The van der Waals surface area contributed by atoms with E-state index < -0.39 is 7.92 Å². The van der Waals surface area contributed by atoms with Crippen LogP contribution in [0.15, 0.2) is 109 Å². The van der Waals surface area contributed by atoms with Crippen molar-refractivity contribution in [2.45, 2.75) is 5.88 Å². The lowest BCUT2D eigenvalue weighted by Gasteiger charge is -2.18. The van der Waals surface area contributed by atoms with Crippen LogP contribution in [-0.4, -0.2) is 0 Å². The predicted molar refractivity (Wildman–Crippen MR) is 119 cm³/mol. The molecule has 0 N–H and O–H groups in total. The maximum absolute atomic E-state index is 5.48. The summed E-state index contributed by atoms with van der Waals surface area (Å²) in [5, 5.41) is 6.22. The molecule has 0 aliphatic heterocycles. The minimum Gasteiger partial charge on any atom is -0.148 e. The molecule has 3 heteroatoms. The summed E-state index contributed by atoms with van der Waals surface area (Å²) in [6.07, 6.45) is 0. The monoisotopic (exact) mass is 394 g/mol. The van der Waals surface area contributed by atoms with Gasteiger partial charge < -0.3 is 0 Å². The Hall–Kier alpha value is -1.92. The molecule has 0 saturated carbocycles. The Labute approximate surface area is 165 Å². The molecule has 26 heavy (non-hydrogen) atoms. The molecule has 0 bridgehead atoms. The zero-order valence-corrected chi connectivity index (χ0v) is 16.8. The van der Waals surface area contributed by atoms with Gasteiger partial charge in [-0.25, -0.2) is 0 Å². The number of hydrogen-bond acceptors (Lipinski definition) is 1. The van der Waals surface area contributed by atoms with Crippen LogP contribution in [0.1, 0.15) is 4.88 Å². The zero-order valence-electron chi connectivity index (χ0n) is 14.3. The first-order valence-electron chi connectivity index (χ1n) is 8.42. The van der Waals surface area contributed by atoms with E-state index in [0.717, 1.165) is 0 Å². The van der Waals surface area contributed by atoms with Crippen LogP contribution < -0.4 is 15.9 Å². The highest BCUT2D eigenvalue weighted by Crippen LogP contribution is 2.32. The van der Waals surface area contributed by atoms with Crippen molar-refractivity contribution in [2.75, 3.05) is 0 Å². The molecule has 0 aliphatic rings. The molecule has 1 aromatic heterocycles. The molecule has 0 nitrogen and oxygen atoms in total. The second-order valence-electron chi connectivity index (χ2n) is 5.56. The van der Waals surface area contributed by atoms with Gasteiger partial charge in [-0.15, -0.1) is 22.9 Å². The van der Waals surface area contributed by atoms with E-state index in [2.05, 4.69) is 91.0 Å². The molecule has 0 saturated heterocycles. The number of halogens is 1. The lowest BCUT2D eigenvalue weighted by atomic mass is 10.4. The second-order valence-corrected chi connectivity index (χ2v) is 9.07. The molecule has 0 atom stereocenters. The zero-order chi connectivity index (χ0) is 18.0. The molecule has 0 fully saturated rings. The van der Waals surface area contributed by atoms with E-state index in [1.165, 1.54) is 20.8 Å². The van der Waals surface area contributed by atoms with Gasteiger partial charge in [0.05, 0.1) is 5.88 Å². The summed E-state index contributed by atoms with van der Waals surface area (Å²) in [6, 6.07) is 36.4. The molecule has 1 heterocycles. The van der Waals surface area contributed by atoms with Gasteiger partial charge in [0.2, 0.25) is 0 Å². The van der Waals surface area contributed by atoms with Gasteiger partial charge in [-0.1, -0.05) is 97.1 Å². The van der Waals surface area contributed by atoms with Crippen LogP contribution in [0.4, 0.5) is 0 Å². The van der Waals surface area contributed by atoms with E-state index in [0.29, 0.717) is 5.88 Å². The van der Waals surface area contributed by atoms with Gasteiger partial charge in [-0.3, -0.25) is 0 Å². The quantitative estimate of drug-likeness (QED) is 0.297. The molecule has 0 radical (unpaired) electrons. The Morgan fingerprint density at radius 3 is 1.27 bits per heavy atom. The molecule has 3 aromatic carbocycles. The largest absolute Gasteiger partial charge is 0.148 e. The van der Waals surface area contributed by atoms with Crippen LogP contribution in [0.25, 0.3) is 0 Å². The lowest BCUT2D eigenvalue weighted by Crippen LogP contribution is -2.20. The van der Waals surface area contributed by atoms with Crippen LogP contribution in [0.5, 0.6) is 0 Å². The van der Waals surface area contributed by atoms with Gasteiger partial charge in [-0.2, -0.15) is 0 Å². The topological polar surface area (TPSA) is 0 Å². The first-order chi connectivity index (χ1) is 12.9. The predicted octanol–water partition coefficient (Wildman–Crippen LogP) is 5.93. The first-order valence-corrected chi connectivity index (χ1v) is 11.2. The molecular formula is C23H20ClPS. The third kappa shape index (κ3) is 5.29. The fourth-order valence-electron chi connectivity index (χ4n) is 2.57. The Morgan fingerprint density at radius 2 is 1.00 bits per heavy atom. The van der Waals surface area contributed by atoms with Crippen molar-refractivity contribution in [2.24, 2.45) is 0 Å². The Bertz CT molecular complexity index is 768. The molecule has 4 aromatic rings. The van der Waals surface area contributed by atoms with Crippen molar-refractivity contribution in [1.29, 1.82) is 0 Å². The molecule has 0 spiro atoms. The van der Waals surface area contributed by atoms with Gasteiger partial charge in [0.1, 0.15) is 0 Å². The molecule has 4 rings (SSSR count). The van der Waals surface area contributed by atoms with Crippen LogP contribution in [-0.2, 0) is 5.88 Å². The summed E-state index contributed by atoms with van der Waals surface area (Å²) in [5.74, 6) is 0.650. The third-order valence-electron chi connectivity index (χ3n) is 3.75. The van der Waals surface area contributed by atoms with Crippen molar-refractivity contribution in [3.63, 3.8) is 0 Å². The standard InChI is InChI=1S/C18H15P.C5H5ClS/c1-4-10-16(11-5-1)19(17-12-6-2-7-13-17)18-14-8-3-9-15-18;6-4-5-2-1-3-7-5/h1-15H;1-3H,4H2. The first kappa shape index (κ1) is 18.9. The number of benzene rings is 3. The van der Waals surface area contributed by atoms with E-state index in [4.69, 9.17) is 11.6 Å². The smallest absolute Gasteiger partial charge is 0.0568 e. The summed E-state index contributed by atoms with van der Waals surface area (Å²) in [4.78, 5) is 1.24. The number of alkyl halides is 1. The number of hydrogen-bond donors (Lipinski definition) is 0. The molecular weight excluding hydrogens is 375 g/mol. The fourth-order valence-corrected chi connectivity index (χ4v) is 5.70. The summed E-state index contributed by atoms with van der Waals surface area (Å²) >= 11 is 7.17. The van der Waals surface area contributed by atoms with Gasteiger partial charge in [0, 0.05) is 4.88 Å². The van der Waals surface area contributed by atoms with E-state index in [9.17, 15) is 0 Å². The molecule has 130 valence electrons. The van der Waals surface area contributed by atoms with E-state index in [1.54, 1.807) is 11.3 Å². The highest BCUT2D eigenvalue weighted by atomic mass is 35.5. The van der Waals surface area contributed by atoms with E-state index in [1.807, 2.05) is 17.5 Å². The fraction of sp³-hybridized carbons (Fsp3) is 0.0435. The van der Waals surface area contributed by atoms with Crippen LogP contribution in [0.3, 0.4) is 0 Å². The van der Waals surface area contributed by atoms with Crippen molar-refractivity contribution in [1.82, 2.24) is 0 Å². The van der Waals surface area contributed by atoms with E-state index in [-0.39, 0.29) is 0 Å². The Morgan fingerprint density at radius 1 is 0.577 bits per heavy atom. The molecule has 0 amide bonds. The van der Waals surface area contributed by atoms with Gasteiger partial charge >= 0.3 is 0 Å². The van der Waals surface area contributed by atoms with Crippen LogP contribution in [0.2, 0.25) is 0 Å². The number of rotatable bonds is 4. The third-order valence-corrected chi connectivity index (χ3v) is 7.52. The van der Waals surface area contributed by atoms with Crippen LogP contribution in [0, 0.1) is 0 Å². The maximum atomic E-state index is 5.48. The summed E-state index contributed by atoms with van der Waals surface area (Å²) in [6.45, 7) is 0. The summed E-state index contributed by atoms with van der Waals surface area (Å²) < 4.78 is 0. The highest BCUT2D eigenvalue weighted by Gasteiger charge is 2.14. The lowest BCUT2D eigenvalue weighted by molar-refractivity contribution is 1.53. The van der Waals surface area contributed by atoms with Gasteiger partial charge in [0.25, 0.3) is 0 Å². The van der Waals surface area contributed by atoms with E-state index >= 15 is 0 Å². The average Bonchev–Trinajstić information content (AvgIpc) is 3.25. The average molecular weight is 395 g/mol. The normalized spacial score (nSPS) is 10.2. The van der Waals surface area contributed by atoms with Crippen molar-refractivity contribution in [3.05, 3.63) is 113 Å². The van der Waals surface area contributed by atoms with Gasteiger partial charge in [0.15, 0.2) is 0 Å². The minimum atomic E-state index is -0.446. The second kappa shape index (κ2) is 10.3. The minimum absolute atomic E-state index is 0.446. The van der Waals surface area contributed by atoms with Crippen molar-refractivity contribution >= 4 is 46.8 Å². The van der Waals surface area contributed by atoms with Crippen molar-refractivity contribution in [3.8, 4) is 0 Å². The highest BCUT2D eigenvalue weighted by molar-refractivity contribution is 7.79. The Balaban J connectivity index is 0.000000236. The number of thiophene rings is 1. The van der Waals surface area contributed by atoms with Crippen LogP contribution >= 0.6 is 30.9 Å². The summed E-state index contributed by atoms with van der Waals surface area (Å²) in [5.41, 5.74) is 0. The molecule has 0 aliphatic carbocycles. The SMILES string of the molecule is ClCc1cccs1.c1ccc(P(c2ccccc2)c2ccccc2)cc1. The van der Waals surface area contributed by atoms with Crippen molar-refractivity contribution < 1.29 is 0 Å².